The molecule has 0 bridgehead atoms. The van der Waals surface area contributed by atoms with Gasteiger partial charge in [-0.05, 0) is 31.9 Å². The van der Waals surface area contributed by atoms with Crippen molar-refractivity contribution in [3.63, 3.8) is 0 Å². The van der Waals surface area contributed by atoms with Gasteiger partial charge >= 0.3 is 0 Å². The lowest BCUT2D eigenvalue weighted by Gasteiger charge is -2.43. The van der Waals surface area contributed by atoms with Crippen molar-refractivity contribution in [1.82, 2.24) is 4.90 Å². The SMILES string of the molecule is Cc1ccc(NCCN2CCOC3CCCCC32)cc1. The van der Waals surface area contributed by atoms with Crippen LogP contribution in [-0.2, 0) is 4.74 Å². The molecular formula is C17H26N2O. The number of benzene rings is 1. The summed E-state index contributed by atoms with van der Waals surface area (Å²) >= 11 is 0. The largest absolute Gasteiger partial charge is 0.384 e. The van der Waals surface area contributed by atoms with E-state index in [0.717, 1.165) is 26.2 Å². The fourth-order valence-corrected chi connectivity index (χ4v) is 3.47. The molecule has 0 spiro atoms. The molecule has 1 heterocycles. The van der Waals surface area contributed by atoms with Crippen LogP contribution in [0.15, 0.2) is 24.3 Å². The van der Waals surface area contributed by atoms with Crippen molar-refractivity contribution in [2.45, 2.75) is 44.8 Å². The van der Waals surface area contributed by atoms with E-state index in [2.05, 4.69) is 41.4 Å². The van der Waals surface area contributed by atoms with E-state index < -0.39 is 0 Å². The van der Waals surface area contributed by atoms with Crippen LogP contribution in [0, 0.1) is 6.92 Å². The maximum Gasteiger partial charge on any atom is 0.0730 e. The first-order chi connectivity index (χ1) is 9.83. The Bertz CT molecular complexity index is 416. The zero-order valence-electron chi connectivity index (χ0n) is 12.5. The molecule has 1 saturated heterocycles. The number of anilines is 1. The molecular weight excluding hydrogens is 248 g/mol. The van der Waals surface area contributed by atoms with Gasteiger partial charge in [0.05, 0.1) is 12.7 Å². The molecule has 1 saturated carbocycles. The molecule has 2 aliphatic rings. The third kappa shape index (κ3) is 3.33. The molecule has 3 heteroatoms. The molecule has 3 nitrogen and oxygen atoms in total. The number of hydrogen-bond acceptors (Lipinski definition) is 3. The third-order valence-electron chi connectivity index (χ3n) is 4.63. The van der Waals surface area contributed by atoms with Crippen LogP contribution < -0.4 is 5.32 Å². The predicted octanol–water partition coefficient (Wildman–Crippen LogP) is 3.05. The fraction of sp³-hybridized carbons (Fsp3) is 0.647. The molecule has 1 aliphatic heterocycles. The molecule has 1 aromatic rings. The van der Waals surface area contributed by atoms with Crippen molar-refractivity contribution in [1.29, 1.82) is 0 Å². The van der Waals surface area contributed by atoms with Crippen molar-refractivity contribution < 1.29 is 4.74 Å². The minimum atomic E-state index is 0.497. The van der Waals surface area contributed by atoms with E-state index in [-0.39, 0.29) is 0 Å². The summed E-state index contributed by atoms with van der Waals surface area (Å²) in [7, 11) is 0. The van der Waals surface area contributed by atoms with Crippen molar-refractivity contribution in [3.05, 3.63) is 29.8 Å². The number of nitrogens with zero attached hydrogens (tertiary/aromatic N) is 1. The standard InChI is InChI=1S/C17H26N2O/c1-14-6-8-15(9-7-14)18-10-11-19-12-13-20-17-5-3-2-4-16(17)19/h6-9,16-18H,2-5,10-13H2,1H3. The highest BCUT2D eigenvalue weighted by atomic mass is 16.5. The number of fused-ring (bicyclic) bond motifs is 1. The van der Waals surface area contributed by atoms with Crippen LogP contribution in [0.25, 0.3) is 0 Å². The summed E-state index contributed by atoms with van der Waals surface area (Å²) in [5.74, 6) is 0. The summed E-state index contributed by atoms with van der Waals surface area (Å²) < 4.78 is 5.93. The van der Waals surface area contributed by atoms with Crippen molar-refractivity contribution in [3.8, 4) is 0 Å². The Labute approximate surface area is 122 Å². The van der Waals surface area contributed by atoms with Gasteiger partial charge in [0.25, 0.3) is 0 Å². The van der Waals surface area contributed by atoms with Gasteiger partial charge in [0, 0.05) is 31.4 Å². The smallest absolute Gasteiger partial charge is 0.0730 e. The van der Waals surface area contributed by atoms with Gasteiger partial charge in [-0.15, -0.1) is 0 Å². The molecule has 0 radical (unpaired) electrons. The second-order valence-electron chi connectivity index (χ2n) is 6.09. The normalized spacial score (nSPS) is 27.1. The molecule has 20 heavy (non-hydrogen) atoms. The van der Waals surface area contributed by atoms with Crippen LogP contribution >= 0.6 is 0 Å². The van der Waals surface area contributed by atoms with Crippen molar-refractivity contribution in [2.75, 3.05) is 31.6 Å². The molecule has 110 valence electrons. The van der Waals surface area contributed by atoms with Crippen LogP contribution in [0.5, 0.6) is 0 Å². The van der Waals surface area contributed by atoms with Crippen molar-refractivity contribution >= 4 is 5.69 Å². The maximum atomic E-state index is 5.93. The number of rotatable bonds is 4. The Kier molecular flexibility index (Phi) is 4.58. The Morgan fingerprint density at radius 1 is 1.20 bits per heavy atom. The predicted molar refractivity (Wildman–Crippen MR) is 83.2 cm³/mol. The van der Waals surface area contributed by atoms with Crippen LogP contribution in [0.1, 0.15) is 31.2 Å². The number of aryl methyl sites for hydroxylation is 1. The molecule has 0 aromatic heterocycles. The van der Waals surface area contributed by atoms with Gasteiger partial charge in [-0.1, -0.05) is 30.5 Å². The van der Waals surface area contributed by atoms with Gasteiger partial charge in [-0.25, -0.2) is 0 Å². The minimum Gasteiger partial charge on any atom is -0.384 e. The second kappa shape index (κ2) is 6.59. The van der Waals surface area contributed by atoms with E-state index in [1.807, 2.05) is 0 Å². The average molecular weight is 274 g/mol. The quantitative estimate of drug-likeness (QED) is 0.913. The summed E-state index contributed by atoms with van der Waals surface area (Å²) in [4.78, 5) is 2.63. The van der Waals surface area contributed by atoms with Gasteiger partial charge in [-0.2, -0.15) is 0 Å². The highest BCUT2D eigenvalue weighted by Gasteiger charge is 2.33. The summed E-state index contributed by atoms with van der Waals surface area (Å²) in [6, 6.07) is 9.32. The molecule has 3 rings (SSSR count). The molecule has 1 aliphatic carbocycles. The van der Waals surface area contributed by atoms with Crippen LogP contribution in [0.2, 0.25) is 0 Å². The Hall–Kier alpha value is -1.06. The van der Waals surface area contributed by atoms with Gasteiger partial charge in [0.15, 0.2) is 0 Å². The molecule has 2 fully saturated rings. The first-order valence-corrected chi connectivity index (χ1v) is 7.99. The van der Waals surface area contributed by atoms with E-state index >= 15 is 0 Å². The second-order valence-corrected chi connectivity index (χ2v) is 6.09. The fourth-order valence-electron chi connectivity index (χ4n) is 3.47. The molecule has 1 aromatic carbocycles. The average Bonchev–Trinajstić information content (AvgIpc) is 2.49. The summed E-state index contributed by atoms with van der Waals surface area (Å²) in [6.07, 6.45) is 5.78. The molecule has 2 atom stereocenters. The lowest BCUT2D eigenvalue weighted by molar-refractivity contribution is -0.0865. The van der Waals surface area contributed by atoms with Gasteiger partial charge in [0.2, 0.25) is 0 Å². The van der Waals surface area contributed by atoms with Crippen molar-refractivity contribution in [2.24, 2.45) is 0 Å². The lowest BCUT2D eigenvalue weighted by atomic mass is 9.90. The van der Waals surface area contributed by atoms with E-state index in [1.165, 1.54) is 36.9 Å². The Morgan fingerprint density at radius 3 is 2.85 bits per heavy atom. The van der Waals surface area contributed by atoms with E-state index in [9.17, 15) is 0 Å². The zero-order valence-corrected chi connectivity index (χ0v) is 12.5. The summed E-state index contributed by atoms with van der Waals surface area (Å²) in [6.45, 7) is 6.27. The Balaban J connectivity index is 1.48. The first-order valence-electron chi connectivity index (χ1n) is 7.99. The number of hydrogen-bond donors (Lipinski definition) is 1. The van der Waals surface area contributed by atoms with E-state index in [4.69, 9.17) is 4.74 Å². The number of ether oxygens (including phenoxy) is 1. The topological polar surface area (TPSA) is 24.5 Å². The Morgan fingerprint density at radius 2 is 2.00 bits per heavy atom. The third-order valence-corrected chi connectivity index (χ3v) is 4.63. The van der Waals surface area contributed by atoms with E-state index in [1.54, 1.807) is 0 Å². The number of nitrogens with one attached hydrogen (secondary N) is 1. The zero-order chi connectivity index (χ0) is 13.8. The summed E-state index contributed by atoms with van der Waals surface area (Å²) in [5.41, 5.74) is 2.54. The first kappa shape index (κ1) is 13.9. The summed E-state index contributed by atoms with van der Waals surface area (Å²) in [5, 5.41) is 3.53. The monoisotopic (exact) mass is 274 g/mol. The van der Waals surface area contributed by atoms with Crippen LogP contribution in [-0.4, -0.2) is 43.3 Å². The molecule has 0 amide bonds. The molecule has 1 N–H and O–H groups in total. The minimum absolute atomic E-state index is 0.497. The highest BCUT2D eigenvalue weighted by Crippen LogP contribution is 2.28. The van der Waals surface area contributed by atoms with Crippen LogP contribution in [0.4, 0.5) is 5.69 Å². The maximum absolute atomic E-state index is 5.93. The van der Waals surface area contributed by atoms with Gasteiger partial charge in [-0.3, -0.25) is 4.90 Å². The van der Waals surface area contributed by atoms with Gasteiger partial charge < -0.3 is 10.1 Å². The van der Waals surface area contributed by atoms with Crippen LogP contribution in [0.3, 0.4) is 0 Å². The highest BCUT2D eigenvalue weighted by molar-refractivity contribution is 5.44. The molecule has 2 unspecified atom stereocenters. The number of morpholine rings is 1. The lowest BCUT2D eigenvalue weighted by Crippen LogP contribution is -2.53. The van der Waals surface area contributed by atoms with E-state index in [0.29, 0.717) is 12.1 Å². The van der Waals surface area contributed by atoms with Gasteiger partial charge in [0.1, 0.15) is 0 Å².